The summed E-state index contributed by atoms with van der Waals surface area (Å²) in [6.07, 6.45) is 0. The summed E-state index contributed by atoms with van der Waals surface area (Å²) in [6.45, 7) is 0. The highest BCUT2D eigenvalue weighted by Crippen LogP contribution is 2.33. The minimum Gasteiger partial charge on any atom is -0.398 e. The van der Waals surface area contributed by atoms with Gasteiger partial charge in [0.15, 0.2) is 0 Å². The van der Waals surface area contributed by atoms with Crippen LogP contribution in [-0.2, 0) is 0 Å². The number of hydrogen-bond acceptors (Lipinski definition) is 3. The molecule has 0 bridgehead atoms. The number of nitrogens with two attached hydrogens (primary N) is 1. The van der Waals surface area contributed by atoms with Crippen molar-refractivity contribution in [2.24, 2.45) is 0 Å². The molecule has 0 spiro atoms. The molecule has 2 aromatic carbocycles. The summed E-state index contributed by atoms with van der Waals surface area (Å²) in [7, 11) is 0. The molecule has 0 unspecified atom stereocenters. The van der Waals surface area contributed by atoms with E-state index < -0.39 is 0 Å². The van der Waals surface area contributed by atoms with Gasteiger partial charge in [-0.3, -0.25) is 0 Å². The molecule has 0 atom stereocenters. The summed E-state index contributed by atoms with van der Waals surface area (Å²) in [5.74, 6) is 0. The Morgan fingerprint density at radius 3 is 2.76 bits per heavy atom. The van der Waals surface area contributed by atoms with Gasteiger partial charge in [0.1, 0.15) is 5.01 Å². The van der Waals surface area contributed by atoms with Crippen LogP contribution in [0.3, 0.4) is 0 Å². The monoisotopic (exact) mass is 260 g/mol. The largest absolute Gasteiger partial charge is 0.398 e. The van der Waals surface area contributed by atoms with Gasteiger partial charge >= 0.3 is 0 Å². The van der Waals surface area contributed by atoms with E-state index in [2.05, 4.69) is 4.98 Å². The Balaban J connectivity index is 2.22. The first-order chi connectivity index (χ1) is 8.24. The van der Waals surface area contributed by atoms with Crippen molar-refractivity contribution in [3.63, 3.8) is 0 Å². The van der Waals surface area contributed by atoms with Gasteiger partial charge in [-0.15, -0.1) is 11.3 Å². The molecule has 1 heterocycles. The quantitative estimate of drug-likeness (QED) is 0.666. The second-order valence-corrected chi connectivity index (χ2v) is 5.19. The van der Waals surface area contributed by atoms with E-state index in [9.17, 15) is 0 Å². The molecule has 1 aromatic heterocycles. The average Bonchev–Trinajstić information content (AvgIpc) is 2.72. The Morgan fingerprint density at radius 2 is 1.94 bits per heavy atom. The third-order valence-electron chi connectivity index (χ3n) is 2.54. The third-order valence-corrected chi connectivity index (χ3v) is 3.85. The van der Waals surface area contributed by atoms with Crippen molar-refractivity contribution in [3.05, 3.63) is 47.5 Å². The zero-order valence-corrected chi connectivity index (χ0v) is 10.4. The number of thiazole rings is 1. The predicted molar refractivity (Wildman–Crippen MR) is 74.5 cm³/mol. The first kappa shape index (κ1) is 10.6. The van der Waals surface area contributed by atoms with E-state index in [1.807, 2.05) is 42.5 Å². The smallest absolute Gasteiger partial charge is 0.126 e. The minimum atomic E-state index is 0.704. The number of hydrogen-bond donors (Lipinski definition) is 1. The fourth-order valence-electron chi connectivity index (χ4n) is 1.71. The summed E-state index contributed by atoms with van der Waals surface area (Å²) in [5, 5.41) is 1.63. The maximum Gasteiger partial charge on any atom is 0.126 e. The van der Waals surface area contributed by atoms with Crippen LogP contribution < -0.4 is 5.73 Å². The summed E-state index contributed by atoms with van der Waals surface area (Å²) >= 11 is 7.57. The Hall–Kier alpha value is -1.58. The van der Waals surface area contributed by atoms with Gasteiger partial charge in [0.25, 0.3) is 0 Å². The molecule has 17 heavy (non-hydrogen) atoms. The van der Waals surface area contributed by atoms with Gasteiger partial charge in [-0.1, -0.05) is 23.7 Å². The van der Waals surface area contributed by atoms with Crippen LogP contribution in [0, 0.1) is 0 Å². The van der Waals surface area contributed by atoms with Gasteiger partial charge in [0, 0.05) is 16.3 Å². The lowest BCUT2D eigenvalue weighted by Crippen LogP contribution is -1.87. The number of aromatic nitrogens is 1. The standard InChI is InChI=1S/C13H9ClN2S/c14-8-5-6-12-11(7-8)16-13(17-12)9-3-1-2-4-10(9)15/h1-7H,15H2. The van der Waals surface area contributed by atoms with Gasteiger partial charge in [-0.05, 0) is 30.3 Å². The van der Waals surface area contributed by atoms with Crippen LogP contribution in [0.1, 0.15) is 0 Å². The van der Waals surface area contributed by atoms with Crippen molar-refractivity contribution >= 4 is 38.8 Å². The van der Waals surface area contributed by atoms with Gasteiger partial charge in [-0.2, -0.15) is 0 Å². The van der Waals surface area contributed by atoms with Crippen molar-refractivity contribution in [1.82, 2.24) is 4.98 Å². The molecule has 0 saturated heterocycles. The van der Waals surface area contributed by atoms with Gasteiger partial charge < -0.3 is 5.73 Å². The molecule has 3 aromatic rings. The molecular weight excluding hydrogens is 252 g/mol. The number of halogens is 1. The zero-order chi connectivity index (χ0) is 11.8. The second-order valence-electron chi connectivity index (χ2n) is 3.72. The molecule has 4 heteroatoms. The predicted octanol–water partition coefficient (Wildman–Crippen LogP) is 4.20. The summed E-state index contributed by atoms with van der Waals surface area (Å²) in [4.78, 5) is 4.56. The lowest BCUT2D eigenvalue weighted by Gasteiger charge is -1.99. The number of para-hydroxylation sites is 1. The van der Waals surface area contributed by atoms with Gasteiger partial charge in [0.2, 0.25) is 0 Å². The van der Waals surface area contributed by atoms with Crippen LogP contribution in [0.5, 0.6) is 0 Å². The van der Waals surface area contributed by atoms with Crippen molar-refractivity contribution in [3.8, 4) is 10.6 Å². The molecule has 0 fully saturated rings. The van der Waals surface area contributed by atoms with Gasteiger partial charge in [0.05, 0.1) is 10.2 Å². The molecular formula is C13H9ClN2S. The summed E-state index contributed by atoms with van der Waals surface area (Å²) in [6, 6.07) is 13.5. The van der Waals surface area contributed by atoms with E-state index in [4.69, 9.17) is 17.3 Å². The highest BCUT2D eigenvalue weighted by molar-refractivity contribution is 7.21. The molecule has 0 aliphatic rings. The van der Waals surface area contributed by atoms with Crippen molar-refractivity contribution in [2.45, 2.75) is 0 Å². The first-order valence-electron chi connectivity index (χ1n) is 5.15. The van der Waals surface area contributed by atoms with Crippen molar-refractivity contribution in [2.75, 3.05) is 5.73 Å². The second kappa shape index (κ2) is 4.02. The van der Waals surface area contributed by atoms with Crippen molar-refractivity contribution < 1.29 is 0 Å². The SMILES string of the molecule is Nc1ccccc1-c1nc2cc(Cl)ccc2s1. The molecule has 0 radical (unpaired) electrons. The lowest BCUT2D eigenvalue weighted by atomic mass is 10.2. The Bertz CT molecular complexity index is 691. The van der Waals surface area contributed by atoms with Crippen LogP contribution in [0.4, 0.5) is 5.69 Å². The maximum absolute atomic E-state index is 5.95. The maximum atomic E-state index is 5.95. The molecule has 0 saturated carbocycles. The molecule has 84 valence electrons. The van der Waals surface area contributed by atoms with E-state index >= 15 is 0 Å². The number of nitrogens with zero attached hydrogens (tertiary/aromatic N) is 1. The number of fused-ring (bicyclic) bond motifs is 1. The molecule has 2 nitrogen and oxygen atoms in total. The Kier molecular flexibility index (Phi) is 2.50. The third kappa shape index (κ3) is 1.88. The van der Waals surface area contributed by atoms with Crippen LogP contribution in [0.2, 0.25) is 5.02 Å². The zero-order valence-electron chi connectivity index (χ0n) is 8.85. The van der Waals surface area contributed by atoms with Gasteiger partial charge in [-0.25, -0.2) is 4.98 Å². The van der Waals surface area contributed by atoms with E-state index in [1.165, 1.54) is 0 Å². The number of nitrogen functional groups attached to an aromatic ring is 1. The van der Waals surface area contributed by atoms with Crippen LogP contribution in [-0.4, -0.2) is 4.98 Å². The van der Waals surface area contributed by atoms with E-state index in [-0.39, 0.29) is 0 Å². The van der Waals surface area contributed by atoms with E-state index in [1.54, 1.807) is 11.3 Å². The van der Waals surface area contributed by atoms with Crippen molar-refractivity contribution in [1.29, 1.82) is 0 Å². The average molecular weight is 261 g/mol. The number of anilines is 1. The number of benzene rings is 2. The first-order valence-corrected chi connectivity index (χ1v) is 6.34. The summed E-state index contributed by atoms with van der Waals surface area (Å²) in [5.41, 5.74) is 8.59. The normalized spacial score (nSPS) is 10.9. The minimum absolute atomic E-state index is 0.704. The molecule has 2 N–H and O–H groups in total. The van der Waals surface area contributed by atoms with Crippen LogP contribution >= 0.6 is 22.9 Å². The molecule has 0 amide bonds. The molecule has 3 rings (SSSR count). The van der Waals surface area contributed by atoms with Crippen LogP contribution in [0.25, 0.3) is 20.8 Å². The van der Waals surface area contributed by atoms with E-state index in [0.717, 1.165) is 26.5 Å². The Labute approximate surface area is 108 Å². The lowest BCUT2D eigenvalue weighted by molar-refractivity contribution is 1.48. The summed E-state index contributed by atoms with van der Waals surface area (Å²) < 4.78 is 1.12. The number of rotatable bonds is 1. The topological polar surface area (TPSA) is 38.9 Å². The highest BCUT2D eigenvalue weighted by atomic mass is 35.5. The fraction of sp³-hybridized carbons (Fsp3) is 0. The molecule has 0 aliphatic heterocycles. The fourth-order valence-corrected chi connectivity index (χ4v) is 2.87. The van der Waals surface area contributed by atoms with E-state index in [0.29, 0.717) is 5.02 Å². The molecule has 0 aliphatic carbocycles. The highest BCUT2D eigenvalue weighted by Gasteiger charge is 2.08. The Morgan fingerprint density at radius 1 is 1.12 bits per heavy atom. The van der Waals surface area contributed by atoms with Crippen LogP contribution in [0.15, 0.2) is 42.5 Å².